The quantitative estimate of drug-likeness (QED) is 0.863. The summed E-state index contributed by atoms with van der Waals surface area (Å²) in [5.74, 6) is 0.297. The lowest BCUT2D eigenvalue weighted by atomic mass is 9.98. The predicted octanol–water partition coefficient (Wildman–Crippen LogP) is 3.71. The number of rotatable bonds is 5. The van der Waals surface area contributed by atoms with E-state index in [1.165, 1.54) is 0 Å². The first kappa shape index (κ1) is 18.5. The van der Waals surface area contributed by atoms with Crippen molar-refractivity contribution in [2.75, 3.05) is 24.5 Å². The summed E-state index contributed by atoms with van der Waals surface area (Å²) >= 11 is 0. The lowest BCUT2D eigenvalue weighted by molar-refractivity contribution is -0.127. The number of likely N-dealkylation sites (tertiary alicyclic amines) is 1. The molecule has 5 heteroatoms. The summed E-state index contributed by atoms with van der Waals surface area (Å²) in [4.78, 5) is 28.8. The van der Waals surface area contributed by atoms with Crippen molar-refractivity contribution in [3.05, 3.63) is 59.2 Å². The minimum absolute atomic E-state index is 0.0351. The molecule has 0 saturated carbocycles. The van der Waals surface area contributed by atoms with E-state index in [1.54, 1.807) is 17.0 Å². The fraction of sp³-hybridized carbons (Fsp3) is 0.391. The largest absolute Gasteiger partial charge is 0.507 e. The molecule has 1 fully saturated rings. The Labute approximate surface area is 165 Å². The van der Waals surface area contributed by atoms with Crippen molar-refractivity contribution in [2.45, 2.75) is 38.5 Å². The van der Waals surface area contributed by atoms with Gasteiger partial charge < -0.3 is 14.9 Å². The molecular formula is C23H26N2O3. The van der Waals surface area contributed by atoms with Gasteiger partial charge in [0.05, 0.1) is 5.56 Å². The third kappa shape index (κ3) is 3.37. The van der Waals surface area contributed by atoms with E-state index in [4.69, 9.17) is 0 Å². The Kier molecular flexibility index (Phi) is 5.07. The molecule has 1 atom stereocenters. The number of nitrogens with zero attached hydrogens (tertiary/aromatic N) is 2. The van der Waals surface area contributed by atoms with Gasteiger partial charge in [0.25, 0.3) is 5.91 Å². The van der Waals surface area contributed by atoms with Crippen LogP contribution in [-0.2, 0) is 11.2 Å². The highest BCUT2D eigenvalue weighted by atomic mass is 16.3. The standard InChI is InChI=1S/C23H26N2O3/c1-2-16-9-10-19(21(26)14-16)23(28)25-15-17(18-6-3-4-7-20(18)25)11-13-24-12-5-8-22(24)27/h3-4,6-7,9-10,14,17,26H,2,5,8,11-13,15H2,1H3. The zero-order chi connectivity index (χ0) is 19.7. The van der Waals surface area contributed by atoms with Crippen LogP contribution >= 0.6 is 0 Å². The lowest BCUT2D eigenvalue weighted by Crippen LogP contribution is -2.31. The molecule has 1 saturated heterocycles. The highest BCUT2D eigenvalue weighted by Gasteiger charge is 2.34. The SMILES string of the molecule is CCc1ccc(C(=O)N2CC(CCN3CCCC3=O)c3ccccc32)c(O)c1. The average Bonchev–Trinajstić information content (AvgIpc) is 3.29. The molecule has 0 aliphatic carbocycles. The Morgan fingerprint density at radius 3 is 2.75 bits per heavy atom. The van der Waals surface area contributed by atoms with Crippen LogP contribution in [0.2, 0.25) is 0 Å². The normalized spacial score (nSPS) is 18.6. The third-order valence-electron chi connectivity index (χ3n) is 5.94. The van der Waals surface area contributed by atoms with Gasteiger partial charge in [-0.1, -0.05) is 31.2 Å². The molecule has 5 nitrogen and oxygen atoms in total. The van der Waals surface area contributed by atoms with Gasteiger partial charge in [0.1, 0.15) is 5.75 Å². The number of carbonyl (C=O) groups is 2. The number of fused-ring (bicyclic) bond motifs is 1. The number of hydrogen-bond acceptors (Lipinski definition) is 3. The number of para-hydroxylation sites is 1. The van der Waals surface area contributed by atoms with Crippen LogP contribution in [0, 0.1) is 0 Å². The summed E-state index contributed by atoms with van der Waals surface area (Å²) in [5, 5.41) is 10.4. The molecule has 28 heavy (non-hydrogen) atoms. The molecule has 0 aromatic heterocycles. The van der Waals surface area contributed by atoms with Crippen LogP contribution in [0.5, 0.6) is 5.75 Å². The number of phenolic OH excluding ortho intramolecular Hbond substituents is 1. The smallest absolute Gasteiger partial charge is 0.262 e. The monoisotopic (exact) mass is 378 g/mol. The van der Waals surface area contributed by atoms with Gasteiger partial charge in [-0.15, -0.1) is 0 Å². The second kappa shape index (κ2) is 7.66. The first-order valence-corrected chi connectivity index (χ1v) is 10.1. The summed E-state index contributed by atoms with van der Waals surface area (Å²) in [7, 11) is 0. The Morgan fingerprint density at radius 1 is 1.21 bits per heavy atom. The van der Waals surface area contributed by atoms with Crippen LogP contribution < -0.4 is 4.90 Å². The number of phenols is 1. The Morgan fingerprint density at radius 2 is 2.04 bits per heavy atom. The van der Waals surface area contributed by atoms with Gasteiger partial charge in [-0.05, 0) is 48.6 Å². The highest BCUT2D eigenvalue weighted by molar-refractivity contribution is 6.09. The van der Waals surface area contributed by atoms with Crippen LogP contribution in [0.25, 0.3) is 0 Å². The third-order valence-corrected chi connectivity index (χ3v) is 5.94. The number of benzene rings is 2. The van der Waals surface area contributed by atoms with Crippen molar-refractivity contribution in [1.82, 2.24) is 4.90 Å². The lowest BCUT2D eigenvalue weighted by Gasteiger charge is -2.20. The highest BCUT2D eigenvalue weighted by Crippen LogP contribution is 2.39. The summed E-state index contributed by atoms with van der Waals surface area (Å²) in [6.45, 7) is 4.17. The zero-order valence-electron chi connectivity index (χ0n) is 16.2. The van der Waals surface area contributed by atoms with Gasteiger partial charge >= 0.3 is 0 Å². The number of amides is 2. The molecule has 2 heterocycles. The average molecular weight is 378 g/mol. The van der Waals surface area contributed by atoms with E-state index >= 15 is 0 Å². The Hall–Kier alpha value is -2.82. The Bertz CT molecular complexity index is 908. The molecule has 2 aromatic rings. The maximum Gasteiger partial charge on any atom is 0.262 e. The molecule has 2 aliphatic heterocycles. The zero-order valence-corrected chi connectivity index (χ0v) is 16.2. The second-order valence-corrected chi connectivity index (χ2v) is 7.65. The van der Waals surface area contributed by atoms with Crippen molar-refractivity contribution in [2.24, 2.45) is 0 Å². The minimum Gasteiger partial charge on any atom is -0.507 e. The van der Waals surface area contributed by atoms with Crippen molar-refractivity contribution in [1.29, 1.82) is 0 Å². The molecule has 4 rings (SSSR count). The fourth-order valence-electron chi connectivity index (χ4n) is 4.31. The van der Waals surface area contributed by atoms with Crippen molar-refractivity contribution < 1.29 is 14.7 Å². The van der Waals surface area contributed by atoms with E-state index in [-0.39, 0.29) is 23.5 Å². The molecule has 1 unspecified atom stereocenters. The topological polar surface area (TPSA) is 60.9 Å². The molecule has 2 aromatic carbocycles. The van der Waals surface area contributed by atoms with Gasteiger partial charge in [0.15, 0.2) is 0 Å². The van der Waals surface area contributed by atoms with Crippen LogP contribution in [0.3, 0.4) is 0 Å². The number of aromatic hydroxyl groups is 1. The van der Waals surface area contributed by atoms with Gasteiger partial charge in [-0.3, -0.25) is 9.59 Å². The van der Waals surface area contributed by atoms with E-state index in [9.17, 15) is 14.7 Å². The van der Waals surface area contributed by atoms with Gasteiger partial charge in [0.2, 0.25) is 5.91 Å². The van der Waals surface area contributed by atoms with Crippen molar-refractivity contribution in [3.8, 4) is 5.75 Å². The maximum absolute atomic E-state index is 13.2. The predicted molar refractivity (Wildman–Crippen MR) is 109 cm³/mol. The number of aryl methyl sites for hydroxylation is 1. The van der Waals surface area contributed by atoms with Crippen molar-refractivity contribution in [3.63, 3.8) is 0 Å². The maximum atomic E-state index is 13.2. The van der Waals surface area contributed by atoms with Gasteiger partial charge in [0, 0.05) is 37.7 Å². The summed E-state index contributed by atoms with van der Waals surface area (Å²) < 4.78 is 0. The van der Waals surface area contributed by atoms with Gasteiger partial charge in [-0.2, -0.15) is 0 Å². The molecule has 146 valence electrons. The van der Waals surface area contributed by atoms with E-state index in [2.05, 4.69) is 6.07 Å². The van der Waals surface area contributed by atoms with E-state index in [0.29, 0.717) is 18.5 Å². The molecule has 0 radical (unpaired) electrons. The minimum atomic E-state index is -0.174. The molecule has 2 amide bonds. The van der Waals surface area contributed by atoms with Gasteiger partial charge in [-0.25, -0.2) is 0 Å². The summed E-state index contributed by atoms with van der Waals surface area (Å²) in [6.07, 6.45) is 3.25. The first-order valence-electron chi connectivity index (χ1n) is 10.1. The number of anilines is 1. The second-order valence-electron chi connectivity index (χ2n) is 7.65. The molecular weight excluding hydrogens is 352 g/mol. The van der Waals surface area contributed by atoms with Crippen LogP contribution in [-0.4, -0.2) is 41.5 Å². The first-order chi connectivity index (χ1) is 13.6. The summed E-state index contributed by atoms with van der Waals surface area (Å²) in [5.41, 5.74) is 3.39. The van der Waals surface area contributed by atoms with Crippen LogP contribution in [0.15, 0.2) is 42.5 Å². The van der Waals surface area contributed by atoms with E-state index in [0.717, 1.165) is 49.2 Å². The summed E-state index contributed by atoms with van der Waals surface area (Å²) in [6, 6.07) is 13.2. The molecule has 2 aliphatic rings. The molecule has 0 spiro atoms. The number of carbonyl (C=O) groups excluding carboxylic acids is 2. The Balaban J connectivity index is 1.55. The van der Waals surface area contributed by atoms with E-state index < -0.39 is 0 Å². The fourth-order valence-corrected chi connectivity index (χ4v) is 4.31. The molecule has 0 bridgehead atoms. The van der Waals surface area contributed by atoms with E-state index in [1.807, 2.05) is 36.1 Å². The van der Waals surface area contributed by atoms with Crippen molar-refractivity contribution >= 4 is 17.5 Å². The molecule has 1 N–H and O–H groups in total. The number of hydrogen-bond donors (Lipinski definition) is 1. The van der Waals surface area contributed by atoms with Crippen LogP contribution in [0.1, 0.15) is 53.6 Å². The van der Waals surface area contributed by atoms with Crippen LogP contribution in [0.4, 0.5) is 5.69 Å².